The van der Waals surface area contributed by atoms with Crippen LogP contribution in [-0.2, 0) is 4.79 Å². The normalized spacial score (nSPS) is 42.6. The Labute approximate surface area is 72.9 Å². The van der Waals surface area contributed by atoms with E-state index in [0.717, 1.165) is 6.42 Å². The van der Waals surface area contributed by atoms with Gasteiger partial charge >= 0.3 is 0 Å². The maximum atomic E-state index is 10.9. The highest BCUT2D eigenvalue weighted by atomic mass is 16.3. The van der Waals surface area contributed by atoms with Gasteiger partial charge in [-0.2, -0.15) is 0 Å². The van der Waals surface area contributed by atoms with Gasteiger partial charge in [-0.25, -0.2) is 0 Å². The molecule has 0 bridgehead atoms. The molecular weight excluding hydrogens is 154 g/mol. The molecule has 3 nitrogen and oxygen atoms in total. The monoisotopic (exact) mass is 171 g/mol. The largest absolute Gasteiger partial charge is 0.380 e. The zero-order valence-corrected chi connectivity index (χ0v) is 7.71. The molecule has 0 aromatic heterocycles. The Kier molecular flexibility index (Phi) is 2.42. The summed E-state index contributed by atoms with van der Waals surface area (Å²) in [6.07, 6.45) is 2.12. The number of primary amides is 1. The van der Waals surface area contributed by atoms with Crippen molar-refractivity contribution in [2.45, 2.75) is 38.7 Å². The van der Waals surface area contributed by atoms with Crippen LogP contribution < -0.4 is 5.73 Å². The molecule has 1 aliphatic rings. The molecule has 1 saturated carbocycles. The zero-order chi connectivity index (χ0) is 9.35. The van der Waals surface area contributed by atoms with Crippen LogP contribution in [0.5, 0.6) is 0 Å². The van der Waals surface area contributed by atoms with Gasteiger partial charge in [0.25, 0.3) is 0 Å². The topological polar surface area (TPSA) is 63.3 Å². The van der Waals surface area contributed by atoms with Gasteiger partial charge < -0.3 is 10.8 Å². The molecule has 0 radical (unpaired) electrons. The molecule has 1 fully saturated rings. The second kappa shape index (κ2) is 3.05. The van der Waals surface area contributed by atoms with Crippen LogP contribution in [0.2, 0.25) is 0 Å². The fourth-order valence-corrected chi connectivity index (χ4v) is 2.29. The van der Waals surface area contributed by atoms with Crippen molar-refractivity contribution < 1.29 is 9.90 Å². The Morgan fingerprint density at radius 2 is 1.83 bits per heavy atom. The molecule has 2 atom stereocenters. The average Bonchev–Trinajstić information content (AvgIpc) is 1.82. The Bertz CT molecular complexity index is 181. The lowest BCUT2D eigenvalue weighted by molar-refractivity contribution is -0.143. The van der Waals surface area contributed by atoms with Crippen molar-refractivity contribution in [1.82, 2.24) is 0 Å². The number of nitrogens with two attached hydrogens (primary N) is 1. The summed E-state index contributed by atoms with van der Waals surface area (Å²) in [6.45, 7) is 4.09. The summed E-state index contributed by atoms with van der Waals surface area (Å²) in [6, 6.07) is 0. The number of rotatable bonds is 1. The maximum absolute atomic E-state index is 10.9. The summed E-state index contributed by atoms with van der Waals surface area (Å²) < 4.78 is 0. The molecule has 2 unspecified atom stereocenters. The van der Waals surface area contributed by atoms with Gasteiger partial charge in [-0.3, -0.25) is 4.79 Å². The fourth-order valence-electron chi connectivity index (χ4n) is 2.29. The quantitative estimate of drug-likeness (QED) is 0.608. The number of hydrogen-bond acceptors (Lipinski definition) is 2. The lowest BCUT2D eigenvalue weighted by atomic mass is 9.73. The molecule has 1 amide bonds. The van der Waals surface area contributed by atoms with Crippen LogP contribution in [0, 0.1) is 11.8 Å². The second-order valence-electron chi connectivity index (χ2n) is 4.25. The fraction of sp³-hybridized carbons (Fsp3) is 0.889. The van der Waals surface area contributed by atoms with Crippen LogP contribution in [0.4, 0.5) is 0 Å². The number of carbonyl (C=O) groups excluding carboxylic acids is 1. The molecular formula is C9H17NO2. The number of hydrogen-bond donors (Lipinski definition) is 2. The molecule has 0 heterocycles. The van der Waals surface area contributed by atoms with Crippen LogP contribution in [-0.4, -0.2) is 16.6 Å². The van der Waals surface area contributed by atoms with Gasteiger partial charge in [0.1, 0.15) is 5.60 Å². The molecule has 70 valence electrons. The molecule has 0 spiro atoms. The van der Waals surface area contributed by atoms with E-state index in [0.29, 0.717) is 24.7 Å². The highest BCUT2D eigenvalue weighted by molar-refractivity contribution is 5.83. The predicted molar refractivity (Wildman–Crippen MR) is 46.3 cm³/mol. The molecule has 3 N–H and O–H groups in total. The first-order chi connectivity index (χ1) is 5.44. The Morgan fingerprint density at radius 1 is 1.42 bits per heavy atom. The average molecular weight is 171 g/mol. The van der Waals surface area contributed by atoms with Crippen molar-refractivity contribution in [2.75, 3.05) is 0 Å². The SMILES string of the molecule is CC1CC(C)CC(O)(C(N)=O)C1. The highest BCUT2D eigenvalue weighted by Gasteiger charge is 2.40. The molecule has 0 aromatic carbocycles. The summed E-state index contributed by atoms with van der Waals surface area (Å²) >= 11 is 0. The number of amides is 1. The lowest BCUT2D eigenvalue weighted by Crippen LogP contribution is -2.48. The van der Waals surface area contributed by atoms with E-state index >= 15 is 0 Å². The Morgan fingerprint density at radius 3 is 2.17 bits per heavy atom. The van der Waals surface area contributed by atoms with Crippen LogP contribution in [0.1, 0.15) is 33.1 Å². The molecule has 3 heteroatoms. The van der Waals surface area contributed by atoms with E-state index in [2.05, 4.69) is 0 Å². The van der Waals surface area contributed by atoms with Crippen LogP contribution in [0.15, 0.2) is 0 Å². The van der Waals surface area contributed by atoms with E-state index < -0.39 is 11.5 Å². The van der Waals surface area contributed by atoms with Crippen LogP contribution in [0.25, 0.3) is 0 Å². The third-order valence-electron chi connectivity index (χ3n) is 2.64. The van der Waals surface area contributed by atoms with Crippen LogP contribution in [0.3, 0.4) is 0 Å². The molecule has 1 rings (SSSR count). The van der Waals surface area contributed by atoms with Gasteiger partial charge in [0.15, 0.2) is 0 Å². The zero-order valence-electron chi connectivity index (χ0n) is 7.71. The van der Waals surface area contributed by atoms with Crippen molar-refractivity contribution in [1.29, 1.82) is 0 Å². The van der Waals surface area contributed by atoms with Crippen molar-refractivity contribution >= 4 is 5.91 Å². The minimum atomic E-state index is -1.24. The van der Waals surface area contributed by atoms with Gasteiger partial charge in [0.2, 0.25) is 5.91 Å². The molecule has 0 aliphatic heterocycles. The summed E-state index contributed by atoms with van der Waals surface area (Å²) in [5.74, 6) is 0.221. The third kappa shape index (κ3) is 1.78. The first-order valence-electron chi connectivity index (χ1n) is 4.46. The van der Waals surface area contributed by atoms with E-state index in [1.54, 1.807) is 0 Å². The van der Waals surface area contributed by atoms with Crippen molar-refractivity contribution in [3.05, 3.63) is 0 Å². The molecule has 0 saturated heterocycles. The third-order valence-corrected chi connectivity index (χ3v) is 2.64. The summed E-state index contributed by atoms with van der Waals surface area (Å²) in [4.78, 5) is 10.9. The summed E-state index contributed by atoms with van der Waals surface area (Å²) in [5, 5.41) is 9.81. The van der Waals surface area contributed by atoms with E-state index in [1.807, 2.05) is 13.8 Å². The summed E-state index contributed by atoms with van der Waals surface area (Å²) in [7, 11) is 0. The van der Waals surface area contributed by atoms with Crippen LogP contribution >= 0.6 is 0 Å². The van der Waals surface area contributed by atoms with Gasteiger partial charge in [-0.05, 0) is 31.1 Å². The standard InChI is InChI=1S/C9H17NO2/c1-6-3-7(2)5-9(12,4-6)8(10)11/h6-7,12H,3-5H2,1-2H3,(H2,10,11). The smallest absolute Gasteiger partial charge is 0.249 e. The predicted octanol–water partition coefficient (Wildman–Crippen LogP) is 0.659. The van der Waals surface area contributed by atoms with Gasteiger partial charge in [0.05, 0.1) is 0 Å². The van der Waals surface area contributed by atoms with Gasteiger partial charge in [-0.15, -0.1) is 0 Å². The van der Waals surface area contributed by atoms with Crippen molar-refractivity contribution in [2.24, 2.45) is 17.6 Å². The van der Waals surface area contributed by atoms with E-state index in [-0.39, 0.29) is 0 Å². The Hall–Kier alpha value is -0.570. The minimum absolute atomic E-state index is 0.395. The lowest BCUT2D eigenvalue weighted by Gasteiger charge is -2.36. The molecule has 12 heavy (non-hydrogen) atoms. The van der Waals surface area contributed by atoms with E-state index in [1.165, 1.54) is 0 Å². The highest BCUT2D eigenvalue weighted by Crippen LogP contribution is 2.35. The van der Waals surface area contributed by atoms with E-state index in [4.69, 9.17) is 5.73 Å². The van der Waals surface area contributed by atoms with Crippen molar-refractivity contribution in [3.8, 4) is 0 Å². The minimum Gasteiger partial charge on any atom is -0.380 e. The van der Waals surface area contributed by atoms with Crippen molar-refractivity contribution in [3.63, 3.8) is 0 Å². The maximum Gasteiger partial charge on any atom is 0.249 e. The van der Waals surface area contributed by atoms with Gasteiger partial charge in [0, 0.05) is 0 Å². The molecule has 0 aromatic rings. The summed E-state index contributed by atoms with van der Waals surface area (Å²) in [5.41, 5.74) is 3.90. The molecule has 1 aliphatic carbocycles. The number of carbonyl (C=O) groups is 1. The first kappa shape index (κ1) is 9.52. The number of aliphatic hydroxyl groups is 1. The van der Waals surface area contributed by atoms with E-state index in [9.17, 15) is 9.90 Å². The first-order valence-corrected chi connectivity index (χ1v) is 4.46. The van der Waals surface area contributed by atoms with Gasteiger partial charge in [-0.1, -0.05) is 13.8 Å². The Balaban J connectivity index is 2.71. The second-order valence-corrected chi connectivity index (χ2v) is 4.25.